The van der Waals surface area contributed by atoms with Crippen LogP contribution in [0.15, 0.2) is 24.3 Å². The molecule has 26 heavy (non-hydrogen) atoms. The second-order valence-corrected chi connectivity index (χ2v) is 6.75. The first-order valence-corrected chi connectivity index (χ1v) is 8.50. The van der Waals surface area contributed by atoms with Crippen molar-refractivity contribution in [1.29, 1.82) is 0 Å². The highest BCUT2D eigenvalue weighted by molar-refractivity contribution is 6.43. The predicted octanol–water partition coefficient (Wildman–Crippen LogP) is 2.98. The average molecular weight is 360 g/mol. The number of ketones is 1. The Morgan fingerprint density at radius 2 is 1.85 bits per heavy atom. The first-order valence-electron chi connectivity index (χ1n) is 8.50. The number of benzene rings is 1. The van der Waals surface area contributed by atoms with Gasteiger partial charge in [-0.2, -0.15) is 0 Å². The summed E-state index contributed by atoms with van der Waals surface area (Å²) >= 11 is 0. The Bertz CT molecular complexity index is 817. The van der Waals surface area contributed by atoms with Gasteiger partial charge in [0, 0.05) is 29.6 Å². The number of H-pyrrole nitrogens is 1. The molecule has 0 bridgehead atoms. The smallest absolute Gasteiger partial charge is 0.407 e. The molecule has 1 heterocycles. The fourth-order valence-electron chi connectivity index (χ4n) is 2.55. The number of rotatable bonds is 6. The zero-order valence-corrected chi connectivity index (χ0v) is 15.5. The number of para-hydroxylation sites is 1. The Morgan fingerprint density at radius 1 is 1.15 bits per heavy atom. The summed E-state index contributed by atoms with van der Waals surface area (Å²) in [7, 11) is 0. The average Bonchev–Trinajstić information content (AvgIpc) is 2.90. The van der Waals surface area contributed by atoms with Gasteiger partial charge in [-0.15, -0.1) is 0 Å². The summed E-state index contributed by atoms with van der Waals surface area (Å²) in [5, 5.41) is 3.29. The van der Waals surface area contributed by atoms with E-state index in [4.69, 9.17) is 9.47 Å². The van der Waals surface area contributed by atoms with Gasteiger partial charge >= 0.3 is 12.1 Å². The molecule has 0 aliphatic rings. The van der Waals surface area contributed by atoms with Crippen LogP contribution in [-0.4, -0.2) is 41.6 Å². The molecule has 0 fully saturated rings. The molecule has 0 saturated heterocycles. The molecule has 0 radical (unpaired) electrons. The molecule has 1 aromatic carbocycles. The third-order valence-electron chi connectivity index (χ3n) is 3.51. The number of esters is 1. The maximum atomic E-state index is 12.5. The number of Topliss-reactive ketones (excluding diaryl/α,β-unsaturated/α-hetero) is 1. The van der Waals surface area contributed by atoms with Crippen molar-refractivity contribution in [2.24, 2.45) is 0 Å². The minimum absolute atomic E-state index is 0.127. The largest absolute Gasteiger partial charge is 0.460 e. The fraction of sp³-hybridized carbons (Fsp3) is 0.421. The Kier molecular flexibility index (Phi) is 6.02. The highest BCUT2D eigenvalue weighted by Gasteiger charge is 2.25. The van der Waals surface area contributed by atoms with Gasteiger partial charge in [0.15, 0.2) is 0 Å². The van der Waals surface area contributed by atoms with Crippen LogP contribution in [0, 0.1) is 0 Å². The van der Waals surface area contributed by atoms with Crippen LogP contribution >= 0.6 is 0 Å². The van der Waals surface area contributed by atoms with E-state index in [0.29, 0.717) is 17.5 Å². The van der Waals surface area contributed by atoms with Crippen molar-refractivity contribution in [2.75, 3.05) is 13.2 Å². The number of hydrogen-bond donors (Lipinski definition) is 2. The van der Waals surface area contributed by atoms with Gasteiger partial charge in [-0.3, -0.25) is 4.79 Å². The predicted molar refractivity (Wildman–Crippen MR) is 97.2 cm³/mol. The number of ether oxygens (including phenoxy) is 2. The molecule has 0 unspecified atom stereocenters. The van der Waals surface area contributed by atoms with Gasteiger partial charge in [0.25, 0.3) is 5.78 Å². The first-order chi connectivity index (χ1) is 12.2. The molecule has 0 atom stereocenters. The number of aromatic amines is 1. The quantitative estimate of drug-likeness (QED) is 0.469. The zero-order chi connectivity index (χ0) is 19.3. The van der Waals surface area contributed by atoms with Gasteiger partial charge in [0.1, 0.15) is 5.60 Å². The molecule has 7 heteroatoms. The van der Waals surface area contributed by atoms with Crippen molar-refractivity contribution in [1.82, 2.24) is 10.3 Å². The van der Waals surface area contributed by atoms with Crippen LogP contribution in [0.2, 0.25) is 0 Å². The van der Waals surface area contributed by atoms with Crippen LogP contribution < -0.4 is 5.32 Å². The van der Waals surface area contributed by atoms with Gasteiger partial charge in [0.2, 0.25) is 0 Å². The molecule has 140 valence electrons. The lowest BCUT2D eigenvalue weighted by molar-refractivity contribution is -0.137. The summed E-state index contributed by atoms with van der Waals surface area (Å²) in [5.41, 5.74) is 1.01. The second-order valence-electron chi connectivity index (χ2n) is 6.75. The van der Waals surface area contributed by atoms with Gasteiger partial charge in [-0.05, 0) is 33.8 Å². The Morgan fingerprint density at radius 3 is 2.50 bits per heavy atom. The maximum Gasteiger partial charge on any atom is 0.407 e. The van der Waals surface area contributed by atoms with Crippen LogP contribution in [0.1, 0.15) is 43.7 Å². The zero-order valence-electron chi connectivity index (χ0n) is 15.5. The third kappa shape index (κ3) is 4.84. The highest BCUT2D eigenvalue weighted by atomic mass is 16.6. The summed E-state index contributed by atoms with van der Waals surface area (Å²) in [4.78, 5) is 39.3. The fourth-order valence-corrected chi connectivity index (χ4v) is 2.55. The number of carbonyl (C=O) groups is 3. The monoisotopic (exact) mass is 360 g/mol. The minimum Gasteiger partial charge on any atom is -0.460 e. The molecule has 2 N–H and O–H groups in total. The Hall–Kier alpha value is -2.83. The molecule has 0 aliphatic heterocycles. The van der Waals surface area contributed by atoms with Crippen LogP contribution in [0.4, 0.5) is 4.79 Å². The molecule has 2 aromatic rings. The number of nitrogens with one attached hydrogen (secondary N) is 2. The molecule has 1 amide bonds. The van der Waals surface area contributed by atoms with Crippen molar-refractivity contribution >= 4 is 28.7 Å². The number of aromatic nitrogens is 1. The van der Waals surface area contributed by atoms with Gasteiger partial charge in [-0.1, -0.05) is 18.2 Å². The van der Waals surface area contributed by atoms with E-state index in [1.54, 1.807) is 39.8 Å². The number of fused-ring (bicyclic) bond motifs is 1. The lowest BCUT2D eigenvalue weighted by atomic mass is 10.0. The maximum absolute atomic E-state index is 12.5. The standard InChI is InChI=1S/C19H24N2O5/c1-5-25-17(23)16(22)15-12-8-6-7-9-13(12)21-14(15)10-11-20-18(24)26-19(2,3)4/h6-9,21H,5,10-11H2,1-4H3,(H,20,24). The van der Waals surface area contributed by atoms with E-state index < -0.39 is 23.4 Å². The van der Waals surface area contributed by atoms with Crippen molar-refractivity contribution in [3.8, 4) is 0 Å². The van der Waals surface area contributed by atoms with Gasteiger partial charge < -0.3 is 19.8 Å². The first kappa shape index (κ1) is 19.5. The van der Waals surface area contributed by atoms with Gasteiger partial charge in [0.05, 0.1) is 12.2 Å². The van der Waals surface area contributed by atoms with Crippen LogP contribution in [-0.2, 0) is 20.7 Å². The summed E-state index contributed by atoms with van der Waals surface area (Å²) in [6.07, 6.45) is -0.194. The van der Waals surface area contributed by atoms with E-state index in [9.17, 15) is 14.4 Å². The van der Waals surface area contributed by atoms with Crippen molar-refractivity contribution < 1.29 is 23.9 Å². The molecular formula is C19H24N2O5. The molecule has 1 aromatic heterocycles. The van der Waals surface area contributed by atoms with E-state index in [1.165, 1.54) is 0 Å². The lowest BCUT2D eigenvalue weighted by Gasteiger charge is -2.19. The third-order valence-corrected chi connectivity index (χ3v) is 3.51. The normalized spacial score (nSPS) is 11.2. The summed E-state index contributed by atoms with van der Waals surface area (Å²) in [6, 6.07) is 7.21. The number of carbonyl (C=O) groups excluding carboxylic acids is 3. The number of amides is 1. The minimum atomic E-state index is -0.890. The molecule has 0 aliphatic carbocycles. The summed E-state index contributed by atoms with van der Waals surface area (Å²) < 4.78 is 10.0. The Labute approximate surface area is 152 Å². The van der Waals surface area contributed by atoms with E-state index in [-0.39, 0.29) is 18.7 Å². The highest BCUT2D eigenvalue weighted by Crippen LogP contribution is 2.23. The van der Waals surface area contributed by atoms with E-state index in [2.05, 4.69) is 10.3 Å². The van der Waals surface area contributed by atoms with Crippen molar-refractivity contribution in [2.45, 2.75) is 39.7 Å². The van der Waals surface area contributed by atoms with Crippen molar-refractivity contribution in [3.63, 3.8) is 0 Å². The molecule has 0 saturated carbocycles. The van der Waals surface area contributed by atoms with Crippen LogP contribution in [0.25, 0.3) is 10.9 Å². The summed E-state index contributed by atoms with van der Waals surface area (Å²) in [5.74, 6) is -1.59. The molecule has 2 rings (SSSR count). The molecule has 0 spiro atoms. The van der Waals surface area contributed by atoms with E-state index >= 15 is 0 Å². The van der Waals surface area contributed by atoms with Crippen LogP contribution in [0.3, 0.4) is 0 Å². The second kappa shape index (κ2) is 8.03. The number of hydrogen-bond acceptors (Lipinski definition) is 5. The molecule has 7 nitrogen and oxygen atoms in total. The lowest BCUT2D eigenvalue weighted by Crippen LogP contribution is -2.33. The van der Waals surface area contributed by atoms with Crippen LogP contribution in [0.5, 0.6) is 0 Å². The Balaban J connectivity index is 2.19. The van der Waals surface area contributed by atoms with E-state index in [1.807, 2.05) is 12.1 Å². The number of alkyl carbamates (subject to hydrolysis) is 1. The van der Waals surface area contributed by atoms with Gasteiger partial charge in [-0.25, -0.2) is 9.59 Å². The van der Waals surface area contributed by atoms with E-state index in [0.717, 1.165) is 5.52 Å². The summed E-state index contributed by atoms with van der Waals surface area (Å²) in [6.45, 7) is 7.36. The van der Waals surface area contributed by atoms with Crippen molar-refractivity contribution in [3.05, 3.63) is 35.5 Å². The topological polar surface area (TPSA) is 97.5 Å². The SMILES string of the molecule is CCOC(=O)C(=O)c1c(CCNC(=O)OC(C)(C)C)[nH]c2ccccc12. The molecular weight excluding hydrogens is 336 g/mol.